The van der Waals surface area contributed by atoms with Crippen molar-refractivity contribution in [3.63, 3.8) is 0 Å². The molecular weight excluding hydrogens is 258 g/mol. The third-order valence-electron chi connectivity index (χ3n) is 3.44. The van der Waals surface area contributed by atoms with Gasteiger partial charge in [-0.25, -0.2) is 9.97 Å². The summed E-state index contributed by atoms with van der Waals surface area (Å²) in [6.45, 7) is 0.298. The third kappa shape index (κ3) is 1.99. The number of amides is 1. The molecule has 1 aliphatic heterocycles. The normalized spacial score (nSPS) is 18.6. The fourth-order valence-electron chi connectivity index (χ4n) is 2.44. The first-order valence-corrected chi connectivity index (χ1v) is 6.28. The molecule has 1 aromatic heterocycles. The van der Waals surface area contributed by atoms with Gasteiger partial charge in [0.25, 0.3) is 0 Å². The standard InChI is InChI=1S/C14H13N3O3/c1-20-14(19)9-6-12(18)17(7-9)13-10-4-2-3-5-11(10)15-8-16-13/h2-5,8-9H,6-7H2,1H3. The van der Waals surface area contributed by atoms with E-state index < -0.39 is 5.92 Å². The third-order valence-corrected chi connectivity index (χ3v) is 3.44. The smallest absolute Gasteiger partial charge is 0.311 e. The first kappa shape index (κ1) is 12.5. The average Bonchev–Trinajstić information content (AvgIpc) is 2.87. The number of methoxy groups -OCH3 is 1. The number of aromatic nitrogens is 2. The second kappa shape index (κ2) is 4.88. The van der Waals surface area contributed by atoms with Crippen LogP contribution >= 0.6 is 0 Å². The minimum Gasteiger partial charge on any atom is -0.469 e. The van der Waals surface area contributed by atoms with Crippen molar-refractivity contribution in [3.8, 4) is 0 Å². The summed E-state index contributed by atoms with van der Waals surface area (Å²) < 4.78 is 4.70. The minimum atomic E-state index is -0.429. The van der Waals surface area contributed by atoms with Gasteiger partial charge in [-0.2, -0.15) is 0 Å². The predicted molar refractivity (Wildman–Crippen MR) is 72.0 cm³/mol. The quantitative estimate of drug-likeness (QED) is 0.766. The number of anilines is 1. The maximum Gasteiger partial charge on any atom is 0.311 e. The summed E-state index contributed by atoms with van der Waals surface area (Å²) in [6.07, 6.45) is 1.58. The number of hydrogen-bond acceptors (Lipinski definition) is 5. The summed E-state index contributed by atoms with van der Waals surface area (Å²) in [4.78, 5) is 33.6. The zero-order chi connectivity index (χ0) is 14.1. The Balaban J connectivity index is 2.00. The molecule has 2 aromatic rings. The van der Waals surface area contributed by atoms with Crippen molar-refractivity contribution in [2.24, 2.45) is 5.92 Å². The van der Waals surface area contributed by atoms with Crippen molar-refractivity contribution in [1.29, 1.82) is 0 Å². The molecule has 0 bridgehead atoms. The van der Waals surface area contributed by atoms with Crippen LogP contribution in [-0.4, -0.2) is 35.5 Å². The van der Waals surface area contributed by atoms with Crippen LogP contribution in [0.25, 0.3) is 10.9 Å². The lowest BCUT2D eigenvalue weighted by Gasteiger charge is -2.16. The Labute approximate surface area is 115 Å². The van der Waals surface area contributed by atoms with Crippen LogP contribution in [0, 0.1) is 5.92 Å². The van der Waals surface area contributed by atoms with Gasteiger partial charge in [0.1, 0.15) is 12.1 Å². The van der Waals surface area contributed by atoms with E-state index in [1.54, 1.807) is 0 Å². The Hall–Kier alpha value is -2.50. The molecule has 1 saturated heterocycles. The van der Waals surface area contributed by atoms with E-state index in [9.17, 15) is 9.59 Å². The molecule has 20 heavy (non-hydrogen) atoms. The highest BCUT2D eigenvalue weighted by Crippen LogP contribution is 2.29. The second-order valence-electron chi connectivity index (χ2n) is 4.64. The first-order chi connectivity index (χ1) is 9.70. The highest BCUT2D eigenvalue weighted by molar-refractivity contribution is 6.04. The number of carbonyl (C=O) groups excluding carboxylic acids is 2. The molecule has 1 amide bonds. The molecular formula is C14H13N3O3. The fourth-order valence-corrected chi connectivity index (χ4v) is 2.44. The summed E-state index contributed by atoms with van der Waals surface area (Å²) in [6, 6.07) is 7.47. The molecule has 6 nitrogen and oxygen atoms in total. The molecule has 3 rings (SSSR count). The molecule has 1 fully saturated rings. The number of benzene rings is 1. The highest BCUT2D eigenvalue weighted by Gasteiger charge is 2.37. The van der Waals surface area contributed by atoms with E-state index in [1.807, 2.05) is 24.3 Å². The highest BCUT2D eigenvalue weighted by atomic mass is 16.5. The largest absolute Gasteiger partial charge is 0.469 e. The number of nitrogens with zero attached hydrogens (tertiary/aromatic N) is 3. The van der Waals surface area contributed by atoms with Crippen molar-refractivity contribution < 1.29 is 14.3 Å². The Bertz CT molecular complexity index is 681. The molecule has 0 radical (unpaired) electrons. The van der Waals surface area contributed by atoms with E-state index in [2.05, 4.69) is 9.97 Å². The number of ether oxygens (including phenoxy) is 1. The molecule has 1 unspecified atom stereocenters. The first-order valence-electron chi connectivity index (χ1n) is 6.28. The summed E-state index contributed by atoms with van der Waals surface area (Å²) >= 11 is 0. The van der Waals surface area contributed by atoms with Crippen molar-refractivity contribution in [3.05, 3.63) is 30.6 Å². The lowest BCUT2D eigenvalue weighted by molar-refractivity contribution is -0.145. The monoisotopic (exact) mass is 271 g/mol. The number of para-hydroxylation sites is 1. The lowest BCUT2D eigenvalue weighted by atomic mass is 10.1. The van der Waals surface area contributed by atoms with Gasteiger partial charge in [-0.15, -0.1) is 0 Å². The molecule has 1 aliphatic rings. The van der Waals surface area contributed by atoms with Gasteiger partial charge in [0, 0.05) is 18.4 Å². The molecule has 1 atom stereocenters. The van der Waals surface area contributed by atoms with Gasteiger partial charge >= 0.3 is 5.97 Å². The summed E-state index contributed by atoms with van der Waals surface area (Å²) in [7, 11) is 1.33. The number of fused-ring (bicyclic) bond motifs is 1. The van der Waals surface area contributed by atoms with Crippen molar-refractivity contribution in [2.45, 2.75) is 6.42 Å². The van der Waals surface area contributed by atoms with Crippen LogP contribution in [0.2, 0.25) is 0 Å². The Morgan fingerprint density at radius 1 is 1.35 bits per heavy atom. The molecule has 0 N–H and O–H groups in total. The summed E-state index contributed by atoms with van der Waals surface area (Å²) in [5, 5.41) is 0.800. The minimum absolute atomic E-state index is 0.121. The number of carbonyl (C=O) groups is 2. The molecule has 0 aliphatic carbocycles. The van der Waals surface area contributed by atoms with Gasteiger partial charge in [-0.05, 0) is 12.1 Å². The van der Waals surface area contributed by atoms with Crippen LogP contribution in [-0.2, 0) is 14.3 Å². The van der Waals surface area contributed by atoms with Crippen molar-refractivity contribution in [2.75, 3.05) is 18.6 Å². The van der Waals surface area contributed by atoms with Gasteiger partial charge in [0.15, 0.2) is 0 Å². The Kier molecular flexibility index (Phi) is 3.06. The topological polar surface area (TPSA) is 72.4 Å². The van der Waals surface area contributed by atoms with E-state index in [0.717, 1.165) is 10.9 Å². The molecule has 2 heterocycles. The van der Waals surface area contributed by atoms with Crippen LogP contribution in [0.1, 0.15) is 6.42 Å². The molecule has 102 valence electrons. The SMILES string of the molecule is COC(=O)C1CC(=O)N(c2ncnc3ccccc23)C1. The van der Waals surface area contributed by atoms with Gasteiger partial charge < -0.3 is 4.74 Å². The van der Waals surface area contributed by atoms with Crippen LogP contribution in [0.5, 0.6) is 0 Å². The van der Waals surface area contributed by atoms with Crippen LogP contribution < -0.4 is 4.90 Å². The van der Waals surface area contributed by atoms with Crippen LogP contribution in [0.4, 0.5) is 5.82 Å². The summed E-state index contributed by atoms with van der Waals surface area (Å²) in [5.74, 6) is -0.364. The number of esters is 1. The van der Waals surface area contributed by atoms with Crippen LogP contribution in [0.3, 0.4) is 0 Å². The van der Waals surface area contributed by atoms with E-state index in [1.165, 1.54) is 18.3 Å². The van der Waals surface area contributed by atoms with Crippen LogP contribution in [0.15, 0.2) is 30.6 Å². The molecule has 0 saturated carbocycles. The number of hydrogen-bond donors (Lipinski definition) is 0. The van der Waals surface area contributed by atoms with E-state index >= 15 is 0 Å². The van der Waals surface area contributed by atoms with Gasteiger partial charge in [0.2, 0.25) is 5.91 Å². The van der Waals surface area contributed by atoms with E-state index in [0.29, 0.717) is 12.4 Å². The molecule has 6 heteroatoms. The maximum absolute atomic E-state index is 12.1. The maximum atomic E-state index is 12.1. The van der Waals surface area contributed by atoms with Crippen molar-refractivity contribution >= 4 is 28.6 Å². The Morgan fingerprint density at radius 2 is 2.15 bits per heavy atom. The molecule has 1 aromatic carbocycles. The predicted octanol–water partition coefficient (Wildman–Crippen LogP) is 1.16. The van der Waals surface area contributed by atoms with Crippen molar-refractivity contribution in [1.82, 2.24) is 9.97 Å². The zero-order valence-corrected chi connectivity index (χ0v) is 10.9. The average molecular weight is 271 g/mol. The Morgan fingerprint density at radius 3 is 2.95 bits per heavy atom. The summed E-state index contributed by atoms with van der Waals surface area (Å²) in [5.41, 5.74) is 0.770. The zero-order valence-electron chi connectivity index (χ0n) is 10.9. The van der Waals surface area contributed by atoms with Gasteiger partial charge in [-0.3, -0.25) is 14.5 Å². The fraction of sp³-hybridized carbons (Fsp3) is 0.286. The van der Waals surface area contributed by atoms with E-state index in [-0.39, 0.29) is 18.3 Å². The lowest BCUT2D eigenvalue weighted by Crippen LogP contribution is -2.27. The second-order valence-corrected chi connectivity index (χ2v) is 4.64. The number of rotatable bonds is 2. The van der Waals surface area contributed by atoms with Gasteiger partial charge in [-0.1, -0.05) is 12.1 Å². The van der Waals surface area contributed by atoms with E-state index in [4.69, 9.17) is 4.74 Å². The van der Waals surface area contributed by atoms with Gasteiger partial charge in [0.05, 0.1) is 18.5 Å². The molecule has 0 spiro atoms.